The minimum absolute atomic E-state index is 0.0594. The van der Waals surface area contributed by atoms with Crippen molar-refractivity contribution < 1.29 is 28.5 Å². The molecule has 6 nitrogen and oxygen atoms in total. The molecule has 0 radical (unpaired) electrons. The third kappa shape index (κ3) is 2.74. The fraction of sp³-hybridized carbons (Fsp3) is 0.905. The van der Waals surface area contributed by atoms with Crippen molar-refractivity contribution >= 4 is 11.9 Å². The van der Waals surface area contributed by atoms with Gasteiger partial charge >= 0.3 is 11.9 Å². The summed E-state index contributed by atoms with van der Waals surface area (Å²) in [5.74, 6) is -1.07. The zero-order valence-electron chi connectivity index (χ0n) is 17.1. The van der Waals surface area contributed by atoms with Crippen LogP contribution < -0.4 is 0 Å². The van der Waals surface area contributed by atoms with Gasteiger partial charge in [-0.05, 0) is 36.5 Å². The number of rotatable bonds is 2. The molecule has 152 valence electrons. The van der Waals surface area contributed by atoms with Crippen LogP contribution in [0.15, 0.2) is 0 Å². The highest BCUT2D eigenvalue weighted by atomic mass is 16.8. The first-order chi connectivity index (χ1) is 12.6. The Morgan fingerprint density at radius 3 is 2.48 bits per heavy atom. The molecule has 27 heavy (non-hydrogen) atoms. The van der Waals surface area contributed by atoms with Crippen molar-refractivity contribution in [3.63, 3.8) is 0 Å². The molecule has 4 fully saturated rings. The van der Waals surface area contributed by atoms with Crippen molar-refractivity contribution in [2.45, 2.75) is 90.3 Å². The summed E-state index contributed by atoms with van der Waals surface area (Å²) >= 11 is 0. The number of esters is 2. The Bertz CT molecular complexity index is 645. The average Bonchev–Trinajstić information content (AvgIpc) is 2.83. The van der Waals surface area contributed by atoms with Gasteiger partial charge in [0.2, 0.25) is 0 Å². The molecule has 4 rings (SSSR count). The summed E-state index contributed by atoms with van der Waals surface area (Å²) in [5, 5.41) is 0. The van der Waals surface area contributed by atoms with E-state index in [1.807, 2.05) is 0 Å². The molecule has 0 amide bonds. The number of fused-ring (bicyclic) bond motifs is 3. The smallest absolute Gasteiger partial charge is 0.337 e. The summed E-state index contributed by atoms with van der Waals surface area (Å²) < 4.78 is 23.5. The minimum Gasteiger partial charge on any atom is -0.467 e. The number of ether oxygens (including phenoxy) is 4. The second-order valence-corrected chi connectivity index (χ2v) is 9.84. The molecule has 2 aliphatic carbocycles. The van der Waals surface area contributed by atoms with Gasteiger partial charge in [0.1, 0.15) is 6.10 Å². The predicted molar refractivity (Wildman–Crippen MR) is 96.6 cm³/mol. The predicted octanol–water partition coefficient (Wildman–Crippen LogP) is 3.22. The van der Waals surface area contributed by atoms with E-state index in [-0.39, 0.29) is 46.8 Å². The van der Waals surface area contributed by atoms with Crippen LogP contribution in [0.2, 0.25) is 0 Å². The lowest BCUT2D eigenvalue weighted by atomic mass is 9.45. The van der Waals surface area contributed by atoms with Crippen LogP contribution in [0.3, 0.4) is 0 Å². The highest BCUT2D eigenvalue weighted by Gasteiger charge is 2.70. The van der Waals surface area contributed by atoms with E-state index in [0.717, 1.165) is 32.1 Å². The van der Waals surface area contributed by atoms with Crippen LogP contribution in [0.25, 0.3) is 0 Å². The third-order valence-corrected chi connectivity index (χ3v) is 7.78. The van der Waals surface area contributed by atoms with Crippen LogP contribution in [0, 0.1) is 22.7 Å². The molecule has 0 unspecified atom stereocenters. The van der Waals surface area contributed by atoms with Crippen LogP contribution in [0.1, 0.15) is 66.2 Å². The SMILES string of the molecule is COC(=O)[C@@H]1O[C@]23C[C@H](OC(C)=O)[C@H]4C(C)(C)CCC[C@]4(C)[C@H]2CC[C@H]1O3. The molecular weight excluding hydrogens is 348 g/mol. The Morgan fingerprint density at radius 2 is 1.81 bits per heavy atom. The normalized spacial score (nSPS) is 47.5. The molecule has 0 N–H and O–H groups in total. The number of hydrogen-bond donors (Lipinski definition) is 0. The maximum absolute atomic E-state index is 12.2. The van der Waals surface area contributed by atoms with Gasteiger partial charge in [-0.2, -0.15) is 0 Å². The Labute approximate surface area is 161 Å². The fourth-order valence-corrected chi connectivity index (χ4v) is 7.12. The second-order valence-electron chi connectivity index (χ2n) is 9.84. The van der Waals surface area contributed by atoms with Gasteiger partial charge in [-0.3, -0.25) is 4.79 Å². The molecule has 0 aromatic rings. The zero-order chi connectivity index (χ0) is 19.6. The van der Waals surface area contributed by atoms with Crippen molar-refractivity contribution in [2.24, 2.45) is 22.7 Å². The van der Waals surface area contributed by atoms with Gasteiger partial charge in [0.15, 0.2) is 11.9 Å². The van der Waals surface area contributed by atoms with Crippen molar-refractivity contribution in [2.75, 3.05) is 7.11 Å². The van der Waals surface area contributed by atoms with Gasteiger partial charge in [-0.15, -0.1) is 0 Å². The van der Waals surface area contributed by atoms with Crippen LogP contribution in [0.5, 0.6) is 0 Å². The summed E-state index contributed by atoms with van der Waals surface area (Å²) in [6.45, 7) is 8.37. The first kappa shape index (κ1) is 19.2. The molecule has 2 saturated heterocycles. The molecule has 0 aromatic carbocycles. The molecule has 1 spiro atoms. The standard InChI is InChI=1S/C21H32O6/c1-12(22)25-14-11-21-15(20(4)10-6-9-19(2,3)17(14)20)8-7-13(26-21)16(27-21)18(23)24-5/h13-17H,6-11H2,1-5H3/t13-,14+,15-,16-,17+,20-,21-/m1/s1. The van der Waals surface area contributed by atoms with E-state index in [2.05, 4.69) is 20.8 Å². The molecule has 2 saturated carbocycles. The van der Waals surface area contributed by atoms with Crippen molar-refractivity contribution in [1.82, 2.24) is 0 Å². The number of methoxy groups -OCH3 is 1. The third-order valence-electron chi connectivity index (χ3n) is 7.78. The van der Waals surface area contributed by atoms with Crippen molar-refractivity contribution in [3.8, 4) is 0 Å². The fourth-order valence-electron chi connectivity index (χ4n) is 7.12. The van der Waals surface area contributed by atoms with E-state index < -0.39 is 11.9 Å². The first-order valence-electron chi connectivity index (χ1n) is 10.2. The van der Waals surface area contributed by atoms with Crippen LogP contribution in [-0.4, -0.2) is 43.1 Å². The van der Waals surface area contributed by atoms with Gasteiger partial charge in [-0.25, -0.2) is 4.79 Å². The van der Waals surface area contributed by atoms with E-state index in [1.165, 1.54) is 14.0 Å². The summed E-state index contributed by atoms with van der Waals surface area (Å²) in [4.78, 5) is 24.1. The summed E-state index contributed by atoms with van der Waals surface area (Å²) in [6, 6.07) is 0. The second kappa shape index (κ2) is 6.18. The molecular formula is C21H32O6. The van der Waals surface area contributed by atoms with Gasteiger partial charge in [0.25, 0.3) is 0 Å². The van der Waals surface area contributed by atoms with E-state index in [4.69, 9.17) is 18.9 Å². The maximum atomic E-state index is 12.2. The lowest BCUT2D eigenvalue weighted by Gasteiger charge is -2.64. The molecule has 2 aliphatic heterocycles. The van der Waals surface area contributed by atoms with E-state index in [0.29, 0.717) is 6.42 Å². The Kier molecular flexibility index (Phi) is 4.39. The van der Waals surface area contributed by atoms with Gasteiger partial charge in [-0.1, -0.05) is 27.2 Å². The molecule has 6 heteroatoms. The minimum atomic E-state index is -0.861. The molecule has 7 atom stereocenters. The van der Waals surface area contributed by atoms with Gasteiger partial charge in [0, 0.05) is 25.2 Å². The quantitative estimate of drug-likeness (QED) is 0.685. The molecule has 2 heterocycles. The van der Waals surface area contributed by atoms with Crippen LogP contribution in [-0.2, 0) is 28.5 Å². The maximum Gasteiger partial charge on any atom is 0.337 e. The highest BCUT2D eigenvalue weighted by molar-refractivity contribution is 5.75. The summed E-state index contributed by atoms with van der Waals surface area (Å²) in [5.41, 5.74) is 0.0159. The zero-order valence-corrected chi connectivity index (χ0v) is 17.1. The van der Waals surface area contributed by atoms with Crippen LogP contribution >= 0.6 is 0 Å². The average molecular weight is 380 g/mol. The van der Waals surface area contributed by atoms with Crippen molar-refractivity contribution in [3.05, 3.63) is 0 Å². The molecule has 4 aliphatic rings. The Morgan fingerprint density at radius 1 is 1.07 bits per heavy atom. The van der Waals surface area contributed by atoms with E-state index in [1.54, 1.807) is 0 Å². The number of carbonyl (C=O) groups excluding carboxylic acids is 2. The largest absolute Gasteiger partial charge is 0.467 e. The monoisotopic (exact) mass is 380 g/mol. The van der Waals surface area contributed by atoms with Crippen LogP contribution in [0.4, 0.5) is 0 Å². The molecule has 0 aromatic heterocycles. The molecule has 2 bridgehead atoms. The topological polar surface area (TPSA) is 71.1 Å². The lowest BCUT2D eigenvalue weighted by molar-refractivity contribution is -0.318. The number of hydrogen-bond acceptors (Lipinski definition) is 6. The Balaban J connectivity index is 1.75. The van der Waals surface area contributed by atoms with Gasteiger partial charge < -0.3 is 18.9 Å². The lowest BCUT2D eigenvalue weighted by Crippen LogP contribution is -2.65. The number of carbonyl (C=O) groups is 2. The first-order valence-corrected chi connectivity index (χ1v) is 10.2. The van der Waals surface area contributed by atoms with E-state index >= 15 is 0 Å². The van der Waals surface area contributed by atoms with E-state index in [9.17, 15) is 9.59 Å². The van der Waals surface area contributed by atoms with Gasteiger partial charge in [0.05, 0.1) is 13.2 Å². The Hall–Kier alpha value is -1.14. The highest BCUT2D eigenvalue weighted by Crippen LogP contribution is 2.67. The van der Waals surface area contributed by atoms with Crippen molar-refractivity contribution in [1.29, 1.82) is 0 Å². The summed E-state index contributed by atoms with van der Waals surface area (Å²) in [7, 11) is 1.38. The summed E-state index contributed by atoms with van der Waals surface area (Å²) in [6.07, 6.45) is 4.35.